The van der Waals surface area contributed by atoms with Crippen LogP contribution in [0.5, 0.6) is 0 Å². The lowest BCUT2D eigenvalue weighted by Crippen LogP contribution is -1.96. The van der Waals surface area contributed by atoms with Crippen LogP contribution in [0.1, 0.15) is 30.2 Å². The molecule has 2 aromatic rings. The maximum atomic E-state index is 5.66. The van der Waals surface area contributed by atoms with Crippen molar-refractivity contribution in [2.75, 3.05) is 0 Å². The van der Waals surface area contributed by atoms with Crippen molar-refractivity contribution in [3.63, 3.8) is 0 Å². The minimum Gasteiger partial charge on any atom is -0.438 e. The first-order valence-corrected chi connectivity index (χ1v) is 4.83. The first-order chi connectivity index (χ1) is 6.88. The molecule has 72 valence electrons. The Balaban J connectivity index is 2.20. The molecule has 0 aromatic carbocycles. The summed E-state index contributed by atoms with van der Waals surface area (Å²) in [6.07, 6.45) is 4.10. The number of hydrogen-bond acceptors (Lipinski definition) is 4. The molecule has 2 heterocycles. The molecule has 1 aliphatic rings. The molecule has 4 nitrogen and oxygen atoms in total. The highest BCUT2D eigenvalue weighted by molar-refractivity contribution is 5.71. The predicted molar refractivity (Wildman–Crippen MR) is 51.7 cm³/mol. The van der Waals surface area contributed by atoms with Crippen molar-refractivity contribution in [3.05, 3.63) is 23.7 Å². The number of nitrogens with zero attached hydrogens (tertiary/aromatic N) is 2. The summed E-state index contributed by atoms with van der Waals surface area (Å²) >= 11 is 0. The summed E-state index contributed by atoms with van der Waals surface area (Å²) < 4.78 is 5.66. The monoisotopic (exact) mass is 189 g/mol. The van der Waals surface area contributed by atoms with E-state index in [0.29, 0.717) is 18.1 Å². The van der Waals surface area contributed by atoms with E-state index in [1.54, 1.807) is 6.20 Å². The van der Waals surface area contributed by atoms with Gasteiger partial charge in [0, 0.05) is 24.2 Å². The van der Waals surface area contributed by atoms with Gasteiger partial charge in [-0.05, 0) is 18.9 Å². The van der Waals surface area contributed by atoms with Crippen LogP contribution < -0.4 is 5.73 Å². The lowest BCUT2D eigenvalue weighted by atomic mass is 10.2. The van der Waals surface area contributed by atoms with Crippen molar-refractivity contribution in [2.45, 2.75) is 25.3 Å². The first kappa shape index (κ1) is 7.94. The third-order valence-corrected chi connectivity index (χ3v) is 2.54. The Morgan fingerprint density at radius 1 is 1.50 bits per heavy atom. The molecule has 0 unspecified atom stereocenters. The standard InChI is InChI=1S/C10H11N3O/c11-5-7-3-4-12-9-8(7)14-10(13-9)6-1-2-6/h3-4,6H,1-2,5,11H2. The van der Waals surface area contributed by atoms with Gasteiger partial charge in [0.25, 0.3) is 0 Å². The topological polar surface area (TPSA) is 64.9 Å². The fraction of sp³-hybridized carbons (Fsp3) is 0.400. The molecule has 2 aromatic heterocycles. The Morgan fingerprint density at radius 3 is 3.07 bits per heavy atom. The van der Waals surface area contributed by atoms with E-state index < -0.39 is 0 Å². The molecule has 0 aliphatic heterocycles. The molecule has 2 N–H and O–H groups in total. The molecule has 0 atom stereocenters. The van der Waals surface area contributed by atoms with Crippen molar-refractivity contribution < 1.29 is 4.42 Å². The van der Waals surface area contributed by atoms with Gasteiger partial charge in [0.15, 0.2) is 17.1 Å². The Bertz CT molecular complexity index is 473. The van der Waals surface area contributed by atoms with Gasteiger partial charge in [0.2, 0.25) is 0 Å². The fourth-order valence-electron chi connectivity index (χ4n) is 1.56. The fourth-order valence-corrected chi connectivity index (χ4v) is 1.56. The summed E-state index contributed by atoms with van der Waals surface area (Å²) in [6.45, 7) is 0.471. The highest BCUT2D eigenvalue weighted by atomic mass is 16.3. The molecule has 0 bridgehead atoms. The Kier molecular flexibility index (Phi) is 1.58. The van der Waals surface area contributed by atoms with Crippen LogP contribution in [-0.4, -0.2) is 9.97 Å². The van der Waals surface area contributed by atoms with Crippen LogP contribution >= 0.6 is 0 Å². The first-order valence-electron chi connectivity index (χ1n) is 4.83. The van der Waals surface area contributed by atoms with Gasteiger partial charge < -0.3 is 10.2 Å². The molecule has 1 aliphatic carbocycles. The molecule has 4 heteroatoms. The lowest BCUT2D eigenvalue weighted by Gasteiger charge is -1.93. The van der Waals surface area contributed by atoms with Crippen LogP contribution in [0.4, 0.5) is 0 Å². The SMILES string of the molecule is NCc1ccnc2nc(C3CC3)oc12. The predicted octanol–water partition coefficient (Wildman–Crippen LogP) is 1.56. The van der Waals surface area contributed by atoms with Crippen molar-refractivity contribution in [2.24, 2.45) is 5.73 Å². The molecule has 1 saturated carbocycles. The molecule has 0 radical (unpaired) electrons. The number of pyridine rings is 1. The second-order valence-electron chi connectivity index (χ2n) is 3.65. The average molecular weight is 189 g/mol. The molecule has 3 rings (SSSR count). The van der Waals surface area contributed by atoms with Crippen molar-refractivity contribution in [1.29, 1.82) is 0 Å². The van der Waals surface area contributed by atoms with Gasteiger partial charge in [0.1, 0.15) is 0 Å². The summed E-state index contributed by atoms with van der Waals surface area (Å²) in [4.78, 5) is 8.51. The van der Waals surface area contributed by atoms with E-state index in [0.717, 1.165) is 17.0 Å². The van der Waals surface area contributed by atoms with Crippen LogP contribution in [0.2, 0.25) is 0 Å². The quantitative estimate of drug-likeness (QED) is 0.778. The van der Waals surface area contributed by atoms with Gasteiger partial charge in [-0.2, -0.15) is 4.98 Å². The Labute approximate surface area is 81.1 Å². The summed E-state index contributed by atoms with van der Waals surface area (Å²) in [5.41, 5.74) is 8.03. The number of oxazole rings is 1. The summed E-state index contributed by atoms with van der Waals surface area (Å²) in [5, 5.41) is 0. The van der Waals surface area contributed by atoms with E-state index in [-0.39, 0.29) is 0 Å². The zero-order valence-electron chi connectivity index (χ0n) is 7.73. The molecule has 14 heavy (non-hydrogen) atoms. The molecule has 0 amide bonds. The zero-order chi connectivity index (χ0) is 9.54. The van der Waals surface area contributed by atoms with E-state index in [9.17, 15) is 0 Å². The highest BCUT2D eigenvalue weighted by Gasteiger charge is 2.29. The average Bonchev–Trinajstić information content (AvgIpc) is 2.97. The van der Waals surface area contributed by atoms with Crippen LogP contribution in [0, 0.1) is 0 Å². The largest absolute Gasteiger partial charge is 0.438 e. The van der Waals surface area contributed by atoms with Gasteiger partial charge in [-0.1, -0.05) is 0 Å². The number of hydrogen-bond donors (Lipinski definition) is 1. The van der Waals surface area contributed by atoms with E-state index in [1.807, 2.05) is 6.07 Å². The minimum atomic E-state index is 0.471. The van der Waals surface area contributed by atoms with Crippen LogP contribution in [0.25, 0.3) is 11.2 Å². The summed E-state index contributed by atoms with van der Waals surface area (Å²) in [6, 6.07) is 1.88. The van der Waals surface area contributed by atoms with E-state index >= 15 is 0 Å². The maximum absolute atomic E-state index is 5.66. The van der Waals surface area contributed by atoms with Crippen molar-refractivity contribution in [3.8, 4) is 0 Å². The maximum Gasteiger partial charge on any atom is 0.200 e. The van der Waals surface area contributed by atoms with E-state index in [2.05, 4.69) is 9.97 Å². The van der Waals surface area contributed by atoms with E-state index in [4.69, 9.17) is 10.2 Å². The number of nitrogens with two attached hydrogens (primary N) is 1. The molecule has 0 saturated heterocycles. The second kappa shape index (κ2) is 2.78. The van der Waals surface area contributed by atoms with Gasteiger partial charge >= 0.3 is 0 Å². The van der Waals surface area contributed by atoms with Crippen LogP contribution in [-0.2, 0) is 6.54 Å². The van der Waals surface area contributed by atoms with E-state index in [1.165, 1.54) is 12.8 Å². The van der Waals surface area contributed by atoms with Gasteiger partial charge in [-0.25, -0.2) is 4.98 Å². The Morgan fingerprint density at radius 2 is 2.36 bits per heavy atom. The van der Waals surface area contributed by atoms with Crippen molar-refractivity contribution >= 4 is 11.2 Å². The highest BCUT2D eigenvalue weighted by Crippen LogP contribution is 2.40. The lowest BCUT2D eigenvalue weighted by molar-refractivity contribution is 0.530. The summed E-state index contributed by atoms with van der Waals surface area (Å²) in [7, 11) is 0. The van der Waals surface area contributed by atoms with Crippen molar-refractivity contribution in [1.82, 2.24) is 9.97 Å². The molecule has 1 fully saturated rings. The zero-order valence-corrected chi connectivity index (χ0v) is 7.73. The van der Waals surface area contributed by atoms with Gasteiger partial charge in [-0.3, -0.25) is 0 Å². The smallest absolute Gasteiger partial charge is 0.200 e. The minimum absolute atomic E-state index is 0.471. The van der Waals surface area contributed by atoms with Crippen LogP contribution in [0.3, 0.4) is 0 Å². The molecular weight excluding hydrogens is 178 g/mol. The normalized spacial score (nSPS) is 16.4. The number of aromatic nitrogens is 2. The number of rotatable bonds is 2. The Hall–Kier alpha value is -1.42. The molecule has 0 spiro atoms. The third-order valence-electron chi connectivity index (χ3n) is 2.54. The molecular formula is C10H11N3O. The second-order valence-corrected chi connectivity index (χ2v) is 3.65. The van der Waals surface area contributed by atoms with Crippen LogP contribution in [0.15, 0.2) is 16.7 Å². The van der Waals surface area contributed by atoms with Gasteiger partial charge in [0.05, 0.1) is 0 Å². The summed E-state index contributed by atoms with van der Waals surface area (Å²) in [5.74, 6) is 1.35. The van der Waals surface area contributed by atoms with Gasteiger partial charge in [-0.15, -0.1) is 0 Å². The number of fused-ring (bicyclic) bond motifs is 1. The third kappa shape index (κ3) is 1.11.